The second-order valence-electron chi connectivity index (χ2n) is 4.61. The van der Waals surface area contributed by atoms with E-state index in [-0.39, 0.29) is 0 Å². The zero-order valence-corrected chi connectivity index (χ0v) is 11.1. The summed E-state index contributed by atoms with van der Waals surface area (Å²) in [6.45, 7) is 7.71. The van der Waals surface area contributed by atoms with Crippen molar-refractivity contribution in [3.8, 4) is 0 Å². The highest BCUT2D eigenvalue weighted by Crippen LogP contribution is 2.17. The van der Waals surface area contributed by atoms with Gasteiger partial charge in [0.1, 0.15) is 0 Å². The van der Waals surface area contributed by atoms with Crippen LogP contribution in [-0.2, 0) is 12.8 Å². The topological polar surface area (TPSA) is 29.9 Å². The fourth-order valence-electron chi connectivity index (χ4n) is 2.04. The summed E-state index contributed by atoms with van der Waals surface area (Å²) in [5.74, 6) is 0. The van der Waals surface area contributed by atoms with Gasteiger partial charge in [0.15, 0.2) is 0 Å². The van der Waals surface area contributed by atoms with Crippen molar-refractivity contribution in [2.75, 3.05) is 13.6 Å². The van der Waals surface area contributed by atoms with E-state index in [2.05, 4.69) is 42.1 Å². The van der Waals surface area contributed by atoms with Gasteiger partial charge in [-0.2, -0.15) is 5.10 Å². The monoisotopic (exact) mass is 223 g/mol. The van der Waals surface area contributed by atoms with E-state index in [1.54, 1.807) is 0 Å². The predicted octanol–water partition coefficient (Wildman–Crippen LogP) is 2.57. The summed E-state index contributed by atoms with van der Waals surface area (Å²) in [6.07, 6.45) is 6.73. The molecule has 0 saturated heterocycles. The van der Waals surface area contributed by atoms with E-state index < -0.39 is 0 Å². The molecule has 1 rings (SSSR count). The third-order valence-corrected chi connectivity index (χ3v) is 2.83. The lowest BCUT2D eigenvalue weighted by Crippen LogP contribution is -2.10. The molecule has 3 nitrogen and oxygen atoms in total. The molecule has 16 heavy (non-hydrogen) atoms. The van der Waals surface area contributed by atoms with Crippen LogP contribution in [0.25, 0.3) is 0 Å². The predicted molar refractivity (Wildman–Crippen MR) is 68.9 cm³/mol. The molecule has 0 aliphatic rings. The van der Waals surface area contributed by atoms with Crippen LogP contribution in [0, 0.1) is 0 Å². The highest BCUT2D eigenvalue weighted by Gasteiger charge is 2.11. The van der Waals surface area contributed by atoms with Crippen molar-refractivity contribution >= 4 is 0 Å². The molecule has 0 amide bonds. The molecular formula is C13H25N3. The quantitative estimate of drug-likeness (QED) is 0.720. The third-order valence-electron chi connectivity index (χ3n) is 2.83. The van der Waals surface area contributed by atoms with Gasteiger partial charge in [-0.25, -0.2) is 0 Å². The molecule has 0 atom stereocenters. The van der Waals surface area contributed by atoms with E-state index in [4.69, 9.17) is 0 Å². The van der Waals surface area contributed by atoms with Crippen LogP contribution in [0.4, 0.5) is 0 Å². The van der Waals surface area contributed by atoms with Crippen LogP contribution in [0.1, 0.15) is 50.9 Å². The number of aryl methyl sites for hydroxylation is 1. The highest BCUT2D eigenvalue weighted by atomic mass is 15.3. The Kier molecular flexibility index (Phi) is 5.53. The molecule has 0 bridgehead atoms. The number of hydrogen-bond donors (Lipinski definition) is 1. The van der Waals surface area contributed by atoms with Gasteiger partial charge in [-0.15, -0.1) is 0 Å². The second-order valence-corrected chi connectivity index (χ2v) is 4.61. The minimum absolute atomic E-state index is 0.472. The Morgan fingerprint density at radius 1 is 1.38 bits per heavy atom. The molecule has 1 aromatic rings. The van der Waals surface area contributed by atoms with E-state index in [0.717, 1.165) is 19.4 Å². The van der Waals surface area contributed by atoms with Gasteiger partial charge in [0.05, 0.1) is 6.20 Å². The third kappa shape index (κ3) is 3.34. The first-order valence-electron chi connectivity index (χ1n) is 6.40. The minimum atomic E-state index is 0.472. The molecule has 1 N–H and O–H groups in total. The zero-order chi connectivity index (χ0) is 12.0. The van der Waals surface area contributed by atoms with Gasteiger partial charge in [-0.05, 0) is 52.3 Å². The molecule has 0 saturated carbocycles. The molecule has 0 spiro atoms. The zero-order valence-electron chi connectivity index (χ0n) is 11.1. The van der Waals surface area contributed by atoms with Crippen molar-refractivity contribution in [3.63, 3.8) is 0 Å². The average Bonchev–Trinajstić information content (AvgIpc) is 2.63. The molecule has 0 aromatic carbocycles. The minimum Gasteiger partial charge on any atom is -0.320 e. The summed E-state index contributed by atoms with van der Waals surface area (Å²) in [5.41, 5.74) is 2.87. The number of aromatic nitrogens is 2. The fraction of sp³-hybridized carbons (Fsp3) is 0.769. The van der Waals surface area contributed by atoms with Crippen molar-refractivity contribution < 1.29 is 0 Å². The Morgan fingerprint density at radius 2 is 2.12 bits per heavy atom. The van der Waals surface area contributed by atoms with E-state index >= 15 is 0 Å². The Hall–Kier alpha value is -0.830. The average molecular weight is 223 g/mol. The van der Waals surface area contributed by atoms with Gasteiger partial charge in [0, 0.05) is 11.7 Å². The molecular weight excluding hydrogens is 198 g/mol. The Labute approximate surface area is 99.2 Å². The van der Waals surface area contributed by atoms with Crippen LogP contribution < -0.4 is 5.32 Å². The van der Waals surface area contributed by atoms with Gasteiger partial charge in [-0.1, -0.05) is 13.3 Å². The molecule has 0 fully saturated rings. The summed E-state index contributed by atoms with van der Waals surface area (Å²) >= 11 is 0. The van der Waals surface area contributed by atoms with E-state index in [0.29, 0.717) is 6.04 Å². The summed E-state index contributed by atoms with van der Waals surface area (Å²) in [5, 5.41) is 7.70. The van der Waals surface area contributed by atoms with Crippen molar-refractivity contribution in [2.24, 2.45) is 0 Å². The van der Waals surface area contributed by atoms with Crippen LogP contribution in [-0.4, -0.2) is 23.4 Å². The largest absolute Gasteiger partial charge is 0.320 e. The van der Waals surface area contributed by atoms with E-state index in [1.165, 1.54) is 24.1 Å². The van der Waals surface area contributed by atoms with E-state index in [1.807, 2.05) is 7.05 Å². The number of hydrogen-bond acceptors (Lipinski definition) is 2. The van der Waals surface area contributed by atoms with Gasteiger partial charge < -0.3 is 5.32 Å². The van der Waals surface area contributed by atoms with E-state index in [9.17, 15) is 0 Å². The highest BCUT2D eigenvalue weighted by molar-refractivity contribution is 5.18. The molecule has 1 heterocycles. The maximum absolute atomic E-state index is 4.51. The number of rotatable bonds is 7. The lowest BCUT2D eigenvalue weighted by atomic mass is 10.1. The normalized spacial score (nSPS) is 11.3. The fourth-order valence-corrected chi connectivity index (χ4v) is 2.04. The summed E-state index contributed by atoms with van der Waals surface area (Å²) < 4.78 is 2.18. The summed E-state index contributed by atoms with van der Waals surface area (Å²) in [7, 11) is 2.00. The molecule has 0 radical (unpaired) electrons. The van der Waals surface area contributed by atoms with Crippen molar-refractivity contribution in [1.82, 2.24) is 15.1 Å². The number of nitrogens with zero attached hydrogens (tertiary/aromatic N) is 2. The van der Waals surface area contributed by atoms with Gasteiger partial charge >= 0.3 is 0 Å². The van der Waals surface area contributed by atoms with Crippen LogP contribution in [0.2, 0.25) is 0 Å². The van der Waals surface area contributed by atoms with Gasteiger partial charge in [0.2, 0.25) is 0 Å². The lowest BCUT2D eigenvalue weighted by molar-refractivity contribution is 0.505. The molecule has 1 aromatic heterocycles. The summed E-state index contributed by atoms with van der Waals surface area (Å²) in [6, 6.07) is 0.472. The van der Waals surface area contributed by atoms with Crippen LogP contribution in [0.15, 0.2) is 6.20 Å². The Morgan fingerprint density at radius 3 is 2.69 bits per heavy atom. The van der Waals surface area contributed by atoms with Gasteiger partial charge in [-0.3, -0.25) is 4.68 Å². The first-order valence-corrected chi connectivity index (χ1v) is 6.40. The molecule has 0 aliphatic carbocycles. The molecule has 92 valence electrons. The summed E-state index contributed by atoms with van der Waals surface area (Å²) in [4.78, 5) is 0. The lowest BCUT2D eigenvalue weighted by Gasteiger charge is -2.12. The standard InChI is InChI=1S/C13H25N3/c1-5-7-13-12(8-6-9-14-4)10-15-16(13)11(2)3/h10-11,14H,5-9H2,1-4H3. The van der Waals surface area contributed by atoms with Crippen LogP contribution in [0.3, 0.4) is 0 Å². The first kappa shape index (κ1) is 13.2. The molecule has 0 aliphatic heterocycles. The Bertz CT molecular complexity index is 302. The molecule has 0 unspecified atom stereocenters. The first-order chi connectivity index (χ1) is 7.70. The van der Waals surface area contributed by atoms with Crippen molar-refractivity contribution in [2.45, 2.75) is 52.5 Å². The second kappa shape index (κ2) is 6.69. The molecule has 3 heteroatoms. The van der Waals surface area contributed by atoms with Crippen LogP contribution in [0.5, 0.6) is 0 Å². The van der Waals surface area contributed by atoms with Crippen molar-refractivity contribution in [3.05, 3.63) is 17.5 Å². The van der Waals surface area contributed by atoms with Gasteiger partial charge in [0.25, 0.3) is 0 Å². The SMILES string of the molecule is CCCc1c(CCCNC)cnn1C(C)C. The number of nitrogens with one attached hydrogen (secondary N) is 1. The van der Waals surface area contributed by atoms with Crippen LogP contribution >= 0.6 is 0 Å². The van der Waals surface area contributed by atoms with Crippen molar-refractivity contribution in [1.29, 1.82) is 0 Å². The maximum atomic E-state index is 4.51. The Balaban J connectivity index is 2.74. The smallest absolute Gasteiger partial charge is 0.0524 e. The maximum Gasteiger partial charge on any atom is 0.0524 e.